The molecule has 1 aromatic rings. The molecule has 1 amide bonds. The molecule has 7 nitrogen and oxygen atoms in total. The van der Waals surface area contributed by atoms with Crippen molar-refractivity contribution in [3.63, 3.8) is 0 Å². The van der Waals surface area contributed by atoms with Crippen LogP contribution < -0.4 is 10.6 Å². The third-order valence-corrected chi connectivity index (χ3v) is 2.76. The van der Waals surface area contributed by atoms with Crippen molar-refractivity contribution in [1.29, 1.82) is 0 Å². The molecular formula is C10H13N6OS. The van der Waals surface area contributed by atoms with Crippen molar-refractivity contribution in [2.75, 3.05) is 6.54 Å². The van der Waals surface area contributed by atoms with Crippen molar-refractivity contribution in [2.24, 2.45) is 0 Å². The second kappa shape index (κ2) is 6.80. The summed E-state index contributed by atoms with van der Waals surface area (Å²) in [7, 11) is 0. The Morgan fingerprint density at radius 1 is 1.56 bits per heavy atom. The topological polar surface area (TPSA) is 84.7 Å². The van der Waals surface area contributed by atoms with Crippen LogP contribution in [0.15, 0.2) is 30.3 Å². The Kier molecular flexibility index (Phi) is 4.77. The highest BCUT2D eigenvalue weighted by Gasteiger charge is 2.04. The van der Waals surface area contributed by atoms with Crippen LogP contribution in [-0.2, 0) is 4.79 Å². The average Bonchev–Trinajstić information content (AvgIpc) is 2.91. The van der Waals surface area contributed by atoms with Crippen molar-refractivity contribution in [1.82, 2.24) is 30.2 Å². The number of aromatic nitrogens is 4. The van der Waals surface area contributed by atoms with Crippen molar-refractivity contribution < 1.29 is 4.79 Å². The van der Waals surface area contributed by atoms with Crippen LogP contribution >= 0.6 is 11.9 Å². The molecule has 0 unspecified atom stereocenters. The van der Waals surface area contributed by atoms with E-state index < -0.39 is 0 Å². The summed E-state index contributed by atoms with van der Waals surface area (Å²) in [5, 5.41) is 16.7. The molecule has 1 aliphatic rings. The zero-order valence-corrected chi connectivity index (χ0v) is 10.4. The first-order valence-corrected chi connectivity index (χ1v) is 6.27. The molecule has 0 fully saturated rings. The number of hydrogen-bond acceptors (Lipinski definition) is 6. The first-order valence-electron chi connectivity index (χ1n) is 5.43. The van der Waals surface area contributed by atoms with Gasteiger partial charge in [0.2, 0.25) is 5.91 Å². The third kappa shape index (κ3) is 4.21. The van der Waals surface area contributed by atoms with Gasteiger partial charge in [0.1, 0.15) is 5.88 Å². The Morgan fingerprint density at radius 3 is 3.22 bits per heavy atom. The van der Waals surface area contributed by atoms with Crippen molar-refractivity contribution in [3.05, 3.63) is 36.1 Å². The monoisotopic (exact) mass is 265 g/mol. The van der Waals surface area contributed by atoms with Gasteiger partial charge in [-0.15, -0.1) is 14.4 Å². The number of nitrogens with zero attached hydrogens (tertiary/aromatic N) is 4. The maximum absolute atomic E-state index is 11.5. The van der Waals surface area contributed by atoms with E-state index in [-0.39, 0.29) is 12.5 Å². The number of rotatable bonds is 6. The number of tetrazole rings is 1. The average molecular weight is 265 g/mol. The molecule has 1 radical (unpaired) electrons. The SMILES string of the molecule is O=C(CNC1=CCC=CC1)N[CH]Sn1ncnn1. The Balaban J connectivity index is 1.59. The maximum atomic E-state index is 11.5. The molecule has 2 rings (SSSR count). The Bertz CT molecular complexity index is 441. The van der Waals surface area contributed by atoms with Gasteiger partial charge in [-0.3, -0.25) is 4.79 Å². The van der Waals surface area contributed by atoms with Crippen LogP contribution in [0.4, 0.5) is 0 Å². The molecule has 0 aromatic carbocycles. The smallest absolute Gasteiger partial charge is 0.240 e. The minimum atomic E-state index is -0.113. The second-order valence-electron chi connectivity index (χ2n) is 3.47. The van der Waals surface area contributed by atoms with Gasteiger partial charge in [0.15, 0.2) is 6.33 Å². The van der Waals surface area contributed by atoms with Gasteiger partial charge in [0.25, 0.3) is 0 Å². The highest BCUT2D eigenvalue weighted by molar-refractivity contribution is 7.99. The summed E-state index contributed by atoms with van der Waals surface area (Å²) in [5.74, 6) is 1.40. The molecule has 2 N–H and O–H groups in total. The van der Waals surface area contributed by atoms with Crippen molar-refractivity contribution in [3.8, 4) is 0 Å². The van der Waals surface area contributed by atoms with E-state index in [9.17, 15) is 4.79 Å². The summed E-state index contributed by atoms with van der Waals surface area (Å²) in [5.41, 5.74) is 1.08. The van der Waals surface area contributed by atoms with Crippen LogP contribution in [0.3, 0.4) is 0 Å². The lowest BCUT2D eigenvalue weighted by Crippen LogP contribution is -2.31. The molecule has 1 heterocycles. The van der Waals surface area contributed by atoms with Crippen LogP contribution in [0.25, 0.3) is 0 Å². The predicted molar refractivity (Wildman–Crippen MR) is 67.7 cm³/mol. The summed E-state index contributed by atoms with van der Waals surface area (Å²) in [6.07, 6.45) is 9.36. The lowest BCUT2D eigenvalue weighted by molar-refractivity contribution is -0.119. The number of carbonyl (C=O) groups is 1. The van der Waals surface area contributed by atoms with E-state index in [0.29, 0.717) is 0 Å². The summed E-state index contributed by atoms with van der Waals surface area (Å²) in [4.78, 5) is 11.5. The number of carbonyl (C=O) groups excluding carboxylic acids is 1. The zero-order chi connectivity index (χ0) is 12.6. The largest absolute Gasteiger partial charge is 0.380 e. The molecular weight excluding hydrogens is 252 g/mol. The highest BCUT2D eigenvalue weighted by atomic mass is 32.2. The van der Waals surface area contributed by atoms with Crippen LogP contribution in [0, 0.1) is 5.88 Å². The molecule has 1 aromatic heterocycles. The summed E-state index contributed by atoms with van der Waals surface area (Å²) in [6.45, 7) is 0.252. The quantitative estimate of drug-likeness (QED) is 0.716. The lowest BCUT2D eigenvalue weighted by Gasteiger charge is -2.11. The van der Waals surface area contributed by atoms with Crippen LogP contribution in [0.1, 0.15) is 12.8 Å². The fourth-order valence-corrected chi connectivity index (χ4v) is 1.79. The van der Waals surface area contributed by atoms with Gasteiger partial charge in [0.05, 0.1) is 6.54 Å². The van der Waals surface area contributed by atoms with Gasteiger partial charge in [-0.1, -0.05) is 18.2 Å². The minimum absolute atomic E-state index is 0.113. The molecule has 0 saturated carbocycles. The number of nitrogens with one attached hydrogen (secondary N) is 2. The first-order chi connectivity index (χ1) is 8.84. The van der Waals surface area contributed by atoms with E-state index in [0.717, 1.165) is 30.5 Å². The number of amides is 1. The normalized spacial score (nSPS) is 14.1. The second-order valence-corrected chi connectivity index (χ2v) is 4.25. The van der Waals surface area contributed by atoms with Crippen molar-refractivity contribution in [2.45, 2.75) is 12.8 Å². The van der Waals surface area contributed by atoms with E-state index in [1.807, 2.05) is 0 Å². The van der Waals surface area contributed by atoms with Gasteiger partial charge < -0.3 is 10.6 Å². The fraction of sp³-hybridized carbons (Fsp3) is 0.300. The maximum Gasteiger partial charge on any atom is 0.240 e. The molecule has 0 atom stereocenters. The molecule has 95 valence electrons. The van der Waals surface area contributed by atoms with Gasteiger partial charge in [-0.2, -0.15) is 0 Å². The van der Waals surface area contributed by atoms with Gasteiger partial charge in [-0.25, -0.2) is 0 Å². The van der Waals surface area contributed by atoms with Crippen LogP contribution in [-0.4, -0.2) is 32.1 Å². The zero-order valence-electron chi connectivity index (χ0n) is 9.61. The molecule has 1 aliphatic carbocycles. The Labute approximate surface area is 109 Å². The molecule has 0 aliphatic heterocycles. The first kappa shape index (κ1) is 12.6. The van der Waals surface area contributed by atoms with E-state index >= 15 is 0 Å². The third-order valence-electron chi connectivity index (χ3n) is 2.18. The number of allylic oxidation sites excluding steroid dienone is 3. The van der Waals surface area contributed by atoms with Gasteiger partial charge in [0, 0.05) is 24.1 Å². The molecule has 0 bridgehead atoms. The Hall–Kier alpha value is -1.83. The Morgan fingerprint density at radius 2 is 2.50 bits per heavy atom. The predicted octanol–water partition coefficient (Wildman–Crippen LogP) is 0.228. The lowest BCUT2D eigenvalue weighted by atomic mass is 10.1. The molecule has 8 heteroatoms. The highest BCUT2D eigenvalue weighted by Crippen LogP contribution is 2.07. The summed E-state index contributed by atoms with van der Waals surface area (Å²) in [6, 6.07) is 0. The van der Waals surface area contributed by atoms with Gasteiger partial charge in [-0.05, 0) is 11.6 Å². The van der Waals surface area contributed by atoms with Crippen LogP contribution in [0.5, 0.6) is 0 Å². The van der Waals surface area contributed by atoms with Gasteiger partial charge >= 0.3 is 0 Å². The number of hydrogen-bond donors (Lipinski definition) is 2. The van der Waals surface area contributed by atoms with E-state index in [4.69, 9.17) is 0 Å². The van der Waals surface area contributed by atoms with E-state index in [1.54, 1.807) is 0 Å². The standard InChI is InChI=1S/C10H13N6OS/c17-10(6-11-9-4-2-1-3-5-9)12-8-18-16-14-7-13-15-16/h1-2,5,7-8,11H,3-4,6H2,(H,12,17). The van der Waals surface area contributed by atoms with Crippen LogP contribution in [0.2, 0.25) is 0 Å². The van der Waals surface area contributed by atoms with Crippen molar-refractivity contribution >= 4 is 17.9 Å². The molecule has 18 heavy (non-hydrogen) atoms. The van der Waals surface area contributed by atoms with E-state index in [2.05, 4.69) is 44.3 Å². The molecule has 0 spiro atoms. The minimum Gasteiger partial charge on any atom is -0.380 e. The fourth-order valence-electron chi connectivity index (χ4n) is 1.33. The summed E-state index contributed by atoms with van der Waals surface area (Å²) < 4.78 is 1.29. The summed E-state index contributed by atoms with van der Waals surface area (Å²) >= 11 is 1.14. The van der Waals surface area contributed by atoms with E-state index in [1.165, 1.54) is 16.4 Å². The molecule has 0 saturated heterocycles.